The second-order valence-electron chi connectivity index (χ2n) is 12.8. The molecule has 0 spiro atoms. The zero-order valence-corrected chi connectivity index (χ0v) is 30.8. The van der Waals surface area contributed by atoms with Gasteiger partial charge in [-0.25, -0.2) is 14.4 Å². The maximum absolute atomic E-state index is 11.7. The number of nitrogens with one attached hydrogen (secondary N) is 6. The average Bonchev–Trinajstić information content (AvgIpc) is 3.78. The highest BCUT2D eigenvalue weighted by Gasteiger charge is 2.23. The molecular weight excluding hydrogens is 722 g/mol. The summed E-state index contributed by atoms with van der Waals surface area (Å²) in [5, 5.41) is 23.1. The number of carboxylic acids is 1. The number of benzene rings is 3. The van der Waals surface area contributed by atoms with Crippen molar-refractivity contribution in [1.82, 2.24) is 25.9 Å². The van der Waals surface area contributed by atoms with Crippen LogP contribution in [0.25, 0.3) is 21.8 Å². The van der Waals surface area contributed by atoms with E-state index in [0.717, 1.165) is 52.2 Å². The number of ether oxygens (including phenoxy) is 2. The molecule has 3 aliphatic heterocycles. The van der Waals surface area contributed by atoms with Crippen molar-refractivity contribution in [2.24, 2.45) is 5.10 Å². The van der Waals surface area contributed by atoms with Gasteiger partial charge in [-0.05, 0) is 111 Å². The number of rotatable bonds is 7. The zero-order valence-electron chi connectivity index (χ0n) is 30.8. The first-order valence-electron chi connectivity index (χ1n) is 18.2. The van der Waals surface area contributed by atoms with Gasteiger partial charge in [0, 0.05) is 41.4 Å². The molecule has 0 atom stereocenters. The van der Waals surface area contributed by atoms with E-state index in [-0.39, 0.29) is 35.2 Å². The number of hydrazone groups is 1. The largest absolute Gasteiger partial charge is 0.478 e. The highest BCUT2D eigenvalue weighted by Crippen LogP contribution is 2.27. The number of nitrogens with zero attached hydrogens (tertiary/aromatic N) is 1. The zero-order chi connectivity index (χ0) is 39.8. The van der Waals surface area contributed by atoms with Crippen LogP contribution in [-0.4, -0.2) is 89.3 Å². The number of hydrogen-bond acceptors (Lipinski definition) is 10. The lowest BCUT2D eigenvalue weighted by Gasteiger charge is -2.13. The number of aromatic carboxylic acids is 1. The van der Waals surface area contributed by atoms with Crippen LogP contribution in [0.15, 0.2) is 65.8 Å². The molecule has 290 valence electrons. The molecule has 56 heavy (non-hydrogen) atoms. The number of carboxylic acid groups (broad SMARTS) is 1. The summed E-state index contributed by atoms with van der Waals surface area (Å²) in [5.41, 5.74) is 9.97. The van der Waals surface area contributed by atoms with Gasteiger partial charge in [0.25, 0.3) is 17.7 Å². The van der Waals surface area contributed by atoms with E-state index in [4.69, 9.17) is 14.6 Å². The smallest absolute Gasteiger partial charge is 0.338 e. The van der Waals surface area contributed by atoms with E-state index in [1.54, 1.807) is 62.4 Å². The van der Waals surface area contributed by atoms with Crippen LogP contribution >= 0.6 is 0 Å². The first-order chi connectivity index (χ1) is 27.1. The van der Waals surface area contributed by atoms with Crippen LogP contribution in [-0.2, 0) is 27.1 Å². The summed E-state index contributed by atoms with van der Waals surface area (Å²) in [6, 6.07) is 16.9. The summed E-state index contributed by atoms with van der Waals surface area (Å²) in [7, 11) is 0. The molecule has 3 aliphatic rings. The Labute approximate surface area is 320 Å². The summed E-state index contributed by atoms with van der Waals surface area (Å²) < 4.78 is 9.89. The van der Waals surface area contributed by atoms with Crippen molar-refractivity contribution >= 4 is 68.8 Å². The lowest BCUT2D eigenvalue weighted by atomic mass is 10.0. The Morgan fingerprint density at radius 2 is 1.16 bits per heavy atom. The summed E-state index contributed by atoms with van der Waals surface area (Å²) in [6.45, 7) is 6.16. The van der Waals surface area contributed by atoms with Crippen molar-refractivity contribution in [2.75, 3.05) is 38.3 Å². The second-order valence-corrected chi connectivity index (χ2v) is 12.8. The molecule has 16 nitrogen and oxygen atoms in total. The number of fused-ring (bicyclic) bond motifs is 6. The number of carbonyl (C=O) groups is 6. The Hall–Kier alpha value is -6.97. The van der Waals surface area contributed by atoms with E-state index < -0.39 is 5.97 Å². The molecule has 0 unspecified atom stereocenters. The summed E-state index contributed by atoms with van der Waals surface area (Å²) >= 11 is 0. The number of aromatic amines is 2. The average molecular weight is 764 g/mol. The van der Waals surface area contributed by atoms with Crippen LogP contribution in [0.1, 0.15) is 89.9 Å². The molecule has 7 N–H and O–H groups in total. The molecule has 3 aromatic carbocycles. The van der Waals surface area contributed by atoms with Gasteiger partial charge in [-0.1, -0.05) is 0 Å². The molecule has 16 heteroatoms. The van der Waals surface area contributed by atoms with E-state index in [0.29, 0.717) is 73.2 Å². The number of aromatic nitrogens is 2. The van der Waals surface area contributed by atoms with Crippen LogP contribution in [0.5, 0.6) is 0 Å². The Balaban J connectivity index is 0.000000143. The topological polar surface area (TPSA) is 233 Å². The molecule has 3 amide bonds. The molecule has 0 aliphatic carbocycles. The predicted octanol–water partition coefficient (Wildman–Crippen LogP) is 4.32. The van der Waals surface area contributed by atoms with Gasteiger partial charge < -0.3 is 40.5 Å². The van der Waals surface area contributed by atoms with E-state index in [2.05, 4.69) is 36.4 Å². The Kier molecular flexibility index (Phi) is 12.1. The van der Waals surface area contributed by atoms with E-state index in [1.165, 1.54) is 6.07 Å². The molecule has 2 aromatic heterocycles. The van der Waals surface area contributed by atoms with Gasteiger partial charge in [0.2, 0.25) is 0 Å². The van der Waals surface area contributed by atoms with Gasteiger partial charge in [0.05, 0.1) is 35.6 Å². The Bertz CT molecular complexity index is 2360. The number of amides is 3. The van der Waals surface area contributed by atoms with E-state index >= 15 is 0 Å². The van der Waals surface area contributed by atoms with Gasteiger partial charge >= 0.3 is 17.9 Å². The van der Waals surface area contributed by atoms with Gasteiger partial charge in [0.1, 0.15) is 17.1 Å². The second kappa shape index (κ2) is 17.4. The van der Waals surface area contributed by atoms with Gasteiger partial charge in [-0.2, -0.15) is 5.10 Å². The summed E-state index contributed by atoms with van der Waals surface area (Å²) in [6.07, 6.45) is 3.06. The van der Waals surface area contributed by atoms with Crippen LogP contribution < -0.4 is 21.4 Å². The fourth-order valence-corrected chi connectivity index (χ4v) is 6.46. The van der Waals surface area contributed by atoms with Crippen molar-refractivity contribution in [3.63, 3.8) is 0 Å². The Morgan fingerprint density at radius 3 is 1.70 bits per heavy atom. The SMILES string of the molecule is CCOC(=O)c1ccc(N/N=C2\CCCNC2=O)cc1.CCOC(=O)c1ccc2[nH]c3c(c2c1)CCNC3=O.O=C(O)c1ccc2[nH]c3c(c2c1)CCNC3=O. The maximum atomic E-state index is 11.7. The number of hydrogen-bond donors (Lipinski definition) is 7. The van der Waals surface area contributed by atoms with Crippen LogP contribution in [0.3, 0.4) is 0 Å². The summed E-state index contributed by atoms with van der Waals surface area (Å²) in [4.78, 5) is 75.1. The number of esters is 2. The van der Waals surface area contributed by atoms with Crippen molar-refractivity contribution in [3.8, 4) is 0 Å². The van der Waals surface area contributed by atoms with Crippen molar-refractivity contribution < 1.29 is 43.3 Å². The van der Waals surface area contributed by atoms with Gasteiger partial charge in [-0.15, -0.1) is 0 Å². The molecular formula is C40H41N7O9. The highest BCUT2D eigenvalue weighted by atomic mass is 16.5. The standard InChI is InChI=1S/C14H17N3O3.C14H14N2O3.C12H10N2O3/c1-2-20-14(19)10-5-7-11(8-6-10)16-17-12-4-3-9-15-13(12)18;1-2-19-14(18)8-3-4-11-10(7-8)9-5-6-15-13(17)12(9)16-11;15-11-10-7(3-4-13-11)8-5-6(12(16)17)1-2-9(8)14-10/h5-8,16H,2-4,9H2,1H3,(H,15,18);3-4,7,16H,2,5-6H2,1H3,(H,15,17);1-2,5,14H,3-4H2,(H,13,15)(H,16,17)/b17-12+;;. The molecule has 0 radical (unpaired) electrons. The number of anilines is 1. The minimum absolute atomic E-state index is 0.0878. The van der Waals surface area contributed by atoms with Crippen molar-refractivity contribution in [1.29, 1.82) is 0 Å². The number of piperidine rings is 1. The number of H-pyrrole nitrogens is 2. The molecule has 1 fully saturated rings. The highest BCUT2D eigenvalue weighted by molar-refractivity contribution is 6.39. The molecule has 0 bridgehead atoms. The van der Waals surface area contributed by atoms with Crippen LogP contribution in [0, 0.1) is 0 Å². The normalized spacial score (nSPS) is 15.1. The van der Waals surface area contributed by atoms with Gasteiger partial charge in [-0.3, -0.25) is 19.8 Å². The van der Waals surface area contributed by atoms with Crippen LogP contribution in [0.2, 0.25) is 0 Å². The molecule has 5 heterocycles. The fourth-order valence-electron chi connectivity index (χ4n) is 6.46. The third-order valence-electron chi connectivity index (χ3n) is 9.20. The van der Waals surface area contributed by atoms with E-state index in [1.807, 2.05) is 6.07 Å². The quantitative estimate of drug-likeness (QED) is 0.0916. The molecule has 1 saturated heterocycles. The maximum Gasteiger partial charge on any atom is 0.338 e. The molecule has 8 rings (SSSR count). The number of carbonyl (C=O) groups excluding carboxylic acids is 5. The predicted molar refractivity (Wildman–Crippen MR) is 207 cm³/mol. The third kappa shape index (κ3) is 8.70. The van der Waals surface area contributed by atoms with Gasteiger partial charge in [0.15, 0.2) is 0 Å². The first-order valence-corrected chi connectivity index (χ1v) is 18.2. The van der Waals surface area contributed by atoms with Crippen molar-refractivity contribution in [3.05, 3.63) is 99.9 Å². The minimum Gasteiger partial charge on any atom is -0.478 e. The van der Waals surface area contributed by atoms with E-state index in [9.17, 15) is 28.8 Å². The fraction of sp³-hybridized carbons (Fsp3) is 0.275. The lowest BCUT2D eigenvalue weighted by molar-refractivity contribution is -0.115. The first kappa shape index (κ1) is 38.7. The lowest BCUT2D eigenvalue weighted by Crippen LogP contribution is -2.37. The molecule has 0 saturated carbocycles. The summed E-state index contributed by atoms with van der Waals surface area (Å²) in [5.74, 6) is -1.99. The minimum atomic E-state index is -0.956. The monoisotopic (exact) mass is 763 g/mol. The third-order valence-corrected chi connectivity index (χ3v) is 9.20. The van der Waals surface area contributed by atoms with Crippen molar-refractivity contribution in [2.45, 2.75) is 39.5 Å². The van der Waals surface area contributed by atoms with Crippen LogP contribution in [0.4, 0.5) is 5.69 Å². The molecule has 5 aromatic rings. The Morgan fingerprint density at radius 1 is 0.661 bits per heavy atom.